The first-order valence-corrected chi connectivity index (χ1v) is 5.07. The second-order valence-electron chi connectivity index (χ2n) is 2.08. The van der Waals surface area contributed by atoms with Crippen LogP contribution in [0.15, 0.2) is 21.8 Å². The highest BCUT2D eigenvalue weighted by atomic mass is 32.1. The maximum Gasteiger partial charge on any atom is 0.231 e. The molecule has 2 aromatic heterocycles. The van der Waals surface area contributed by atoms with Crippen molar-refractivity contribution in [1.82, 2.24) is 9.97 Å². The summed E-state index contributed by atoms with van der Waals surface area (Å²) in [5, 5.41) is 3.45. The number of ketones is 1. The Morgan fingerprint density at radius 3 is 1.92 bits per heavy atom. The number of thiazole rings is 2. The minimum absolute atomic E-state index is 0.0995. The number of hydrogen-bond acceptors (Lipinski definition) is 5. The van der Waals surface area contributed by atoms with Gasteiger partial charge in [-0.15, -0.1) is 22.7 Å². The fourth-order valence-corrected chi connectivity index (χ4v) is 1.84. The lowest BCUT2D eigenvalue weighted by Gasteiger charge is -1.88. The van der Waals surface area contributed by atoms with Gasteiger partial charge in [-0.2, -0.15) is 0 Å². The van der Waals surface area contributed by atoms with Gasteiger partial charge in [-0.1, -0.05) is 0 Å². The van der Waals surface area contributed by atoms with Gasteiger partial charge in [0.1, 0.15) is 11.4 Å². The van der Waals surface area contributed by atoms with Crippen molar-refractivity contribution in [3.63, 3.8) is 0 Å². The van der Waals surface area contributed by atoms with Crippen LogP contribution in [0, 0.1) is 0 Å². The third-order valence-corrected chi connectivity index (χ3v) is 2.50. The summed E-state index contributed by atoms with van der Waals surface area (Å²) in [5.74, 6) is -0.0995. The molecule has 3 nitrogen and oxygen atoms in total. The van der Waals surface area contributed by atoms with E-state index in [0.717, 1.165) is 0 Å². The summed E-state index contributed by atoms with van der Waals surface area (Å²) in [7, 11) is 0. The normalized spacial score (nSPS) is 10.0. The summed E-state index contributed by atoms with van der Waals surface area (Å²) in [6, 6.07) is 0. The SMILES string of the molecule is O=C(c1cscn1)c1cscn1. The molecule has 60 valence electrons. The largest absolute Gasteiger partial charge is 0.285 e. The van der Waals surface area contributed by atoms with Gasteiger partial charge in [0.25, 0.3) is 0 Å². The minimum atomic E-state index is -0.0995. The molecule has 0 saturated heterocycles. The Hall–Kier alpha value is -1.07. The van der Waals surface area contributed by atoms with Gasteiger partial charge in [0.2, 0.25) is 5.78 Å². The summed E-state index contributed by atoms with van der Waals surface area (Å²) in [6.07, 6.45) is 0. The van der Waals surface area contributed by atoms with Crippen LogP contribution >= 0.6 is 22.7 Å². The highest BCUT2D eigenvalue weighted by Crippen LogP contribution is 2.09. The topological polar surface area (TPSA) is 42.9 Å². The first-order chi connectivity index (χ1) is 5.88. The Balaban J connectivity index is 2.34. The standard InChI is InChI=1S/C7H4N2OS2/c10-7(5-1-11-3-8-5)6-2-12-4-9-6/h1-4H. The summed E-state index contributed by atoms with van der Waals surface area (Å²) in [4.78, 5) is 19.3. The van der Waals surface area contributed by atoms with Gasteiger partial charge in [0, 0.05) is 10.8 Å². The average molecular weight is 196 g/mol. The van der Waals surface area contributed by atoms with Crippen molar-refractivity contribution in [2.24, 2.45) is 0 Å². The van der Waals surface area contributed by atoms with Crippen LogP contribution in [0.3, 0.4) is 0 Å². The molecule has 5 heteroatoms. The molecule has 0 radical (unpaired) electrons. The first kappa shape index (κ1) is 7.57. The van der Waals surface area contributed by atoms with Gasteiger partial charge < -0.3 is 0 Å². The Morgan fingerprint density at radius 2 is 1.58 bits per heavy atom. The molecule has 2 rings (SSSR count). The average Bonchev–Trinajstić information content (AvgIpc) is 2.77. The smallest absolute Gasteiger partial charge is 0.231 e. The first-order valence-electron chi connectivity index (χ1n) is 3.19. The fraction of sp³-hybridized carbons (Fsp3) is 0. The van der Waals surface area contributed by atoms with E-state index in [1.807, 2.05) is 0 Å². The molecule has 0 atom stereocenters. The van der Waals surface area contributed by atoms with Crippen molar-refractivity contribution in [2.75, 3.05) is 0 Å². The quantitative estimate of drug-likeness (QED) is 0.688. The number of carbonyl (C=O) groups excluding carboxylic acids is 1. The summed E-state index contributed by atoms with van der Waals surface area (Å²) < 4.78 is 0. The Bertz CT molecular complexity index is 330. The van der Waals surface area contributed by atoms with E-state index in [1.54, 1.807) is 21.8 Å². The molecule has 12 heavy (non-hydrogen) atoms. The predicted octanol–water partition coefficient (Wildman–Crippen LogP) is 1.83. The molecule has 0 unspecified atom stereocenters. The van der Waals surface area contributed by atoms with E-state index in [1.165, 1.54) is 22.7 Å². The molecule has 0 N–H and O–H groups in total. The van der Waals surface area contributed by atoms with Crippen LogP contribution < -0.4 is 0 Å². The van der Waals surface area contributed by atoms with E-state index in [9.17, 15) is 4.79 Å². The zero-order valence-electron chi connectivity index (χ0n) is 5.93. The third kappa shape index (κ3) is 1.28. The van der Waals surface area contributed by atoms with Gasteiger partial charge in [0.05, 0.1) is 11.0 Å². The number of rotatable bonds is 2. The lowest BCUT2D eigenvalue weighted by Crippen LogP contribution is -2.00. The van der Waals surface area contributed by atoms with E-state index >= 15 is 0 Å². The van der Waals surface area contributed by atoms with Crippen LogP contribution in [-0.4, -0.2) is 15.8 Å². The molecule has 2 aromatic rings. The van der Waals surface area contributed by atoms with E-state index < -0.39 is 0 Å². The van der Waals surface area contributed by atoms with Crippen LogP contribution in [0.25, 0.3) is 0 Å². The van der Waals surface area contributed by atoms with Crippen molar-refractivity contribution in [3.8, 4) is 0 Å². The molecule has 0 saturated carbocycles. The summed E-state index contributed by atoms with van der Waals surface area (Å²) in [6.45, 7) is 0. The van der Waals surface area contributed by atoms with Crippen LogP contribution in [0.1, 0.15) is 16.2 Å². The molecule has 0 aliphatic rings. The van der Waals surface area contributed by atoms with Gasteiger partial charge in [-0.05, 0) is 0 Å². The summed E-state index contributed by atoms with van der Waals surface area (Å²) >= 11 is 2.82. The molecular weight excluding hydrogens is 192 g/mol. The molecule has 0 aliphatic heterocycles. The zero-order valence-corrected chi connectivity index (χ0v) is 7.56. The van der Waals surface area contributed by atoms with Crippen LogP contribution in [0.2, 0.25) is 0 Å². The molecule has 0 bridgehead atoms. The maximum atomic E-state index is 11.5. The summed E-state index contributed by atoms with van der Waals surface area (Å²) in [5.41, 5.74) is 4.23. The van der Waals surface area contributed by atoms with Crippen molar-refractivity contribution in [2.45, 2.75) is 0 Å². The molecule has 0 spiro atoms. The zero-order chi connectivity index (χ0) is 8.39. The van der Waals surface area contributed by atoms with Gasteiger partial charge in [0.15, 0.2) is 0 Å². The molecule has 0 aromatic carbocycles. The molecule has 2 heterocycles. The van der Waals surface area contributed by atoms with Crippen LogP contribution in [0.5, 0.6) is 0 Å². The Morgan fingerprint density at radius 1 is 1.08 bits per heavy atom. The van der Waals surface area contributed by atoms with Crippen LogP contribution in [-0.2, 0) is 0 Å². The van der Waals surface area contributed by atoms with Gasteiger partial charge in [-0.25, -0.2) is 9.97 Å². The lowest BCUT2D eigenvalue weighted by atomic mass is 10.2. The number of nitrogens with zero attached hydrogens (tertiary/aromatic N) is 2. The van der Waals surface area contributed by atoms with Crippen LogP contribution in [0.4, 0.5) is 0 Å². The van der Waals surface area contributed by atoms with Crippen molar-refractivity contribution in [1.29, 1.82) is 0 Å². The number of hydrogen-bond donors (Lipinski definition) is 0. The number of aromatic nitrogens is 2. The highest BCUT2D eigenvalue weighted by molar-refractivity contribution is 7.08. The Kier molecular flexibility index (Phi) is 1.97. The third-order valence-electron chi connectivity index (χ3n) is 1.33. The van der Waals surface area contributed by atoms with Crippen molar-refractivity contribution < 1.29 is 4.79 Å². The van der Waals surface area contributed by atoms with Crippen molar-refractivity contribution >= 4 is 28.5 Å². The highest BCUT2D eigenvalue weighted by Gasteiger charge is 2.11. The maximum absolute atomic E-state index is 11.5. The van der Waals surface area contributed by atoms with Crippen molar-refractivity contribution in [3.05, 3.63) is 33.2 Å². The Labute approximate surface area is 76.7 Å². The minimum Gasteiger partial charge on any atom is -0.285 e. The van der Waals surface area contributed by atoms with E-state index in [-0.39, 0.29) is 5.78 Å². The fourth-order valence-electron chi connectivity index (χ4n) is 0.781. The molecular formula is C7H4N2OS2. The second-order valence-corrected chi connectivity index (χ2v) is 3.51. The molecule has 0 aliphatic carbocycles. The molecule has 0 fully saturated rings. The lowest BCUT2D eigenvalue weighted by molar-refractivity contribution is 0.103. The van der Waals surface area contributed by atoms with Gasteiger partial charge in [-0.3, -0.25) is 4.79 Å². The van der Waals surface area contributed by atoms with Gasteiger partial charge >= 0.3 is 0 Å². The molecule has 0 amide bonds. The predicted molar refractivity (Wildman–Crippen MR) is 47.7 cm³/mol. The second kappa shape index (κ2) is 3.12. The monoisotopic (exact) mass is 196 g/mol. The van der Waals surface area contributed by atoms with E-state index in [2.05, 4.69) is 9.97 Å². The number of carbonyl (C=O) groups is 1. The van der Waals surface area contributed by atoms with E-state index in [0.29, 0.717) is 11.4 Å². The van der Waals surface area contributed by atoms with E-state index in [4.69, 9.17) is 0 Å².